The maximum absolute atomic E-state index is 13.1. The molecule has 18 heavy (non-hydrogen) atoms. The molecular weight excluding hydrogens is 235 g/mol. The van der Waals surface area contributed by atoms with Gasteiger partial charge in [0.25, 0.3) is 0 Å². The smallest absolute Gasteiger partial charge is 0.126 e. The normalized spacial score (nSPS) is 25.2. The summed E-state index contributed by atoms with van der Waals surface area (Å²) in [6.07, 6.45) is 3.78. The highest BCUT2D eigenvalue weighted by Crippen LogP contribution is 2.42. The van der Waals surface area contributed by atoms with Crippen LogP contribution < -0.4 is 4.74 Å². The number of benzene rings is 1. The van der Waals surface area contributed by atoms with Crippen molar-refractivity contribution in [3.8, 4) is 5.75 Å². The lowest BCUT2D eigenvalue weighted by Gasteiger charge is -2.33. The fourth-order valence-electron chi connectivity index (χ4n) is 2.45. The Labute approximate surface area is 105 Å². The minimum atomic E-state index is -0.749. The van der Waals surface area contributed by atoms with Crippen molar-refractivity contribution < 1.29 is 19.3 Å². The lowest BCUT2D eigenvalue weighted by Crippen LogP contribution is -2.43. The van der Waals surface area contributed by atoms with Gasteiger partial charge < -0.3 is 14.9 Å². The van der Waals surface area contributed by atoms with E-state index in [2.05, 4.69) is 0 Å². The molecule has 96 valence electrons. The van der Waals surface area contributed by atoms with Gasteiger partial charge in [-0.1, -0.05) is 12.2 Å². The molecule has 0 amide bonds. The lowest BCUT2D eigenvalue weighted by atomic mass is 9.88. The number of aryl methyl sites for hydroxylation is 1. The first-order chi connectivity index (χ1) is 8.64. The van der Waals surface area contributed by atoms with Gasteiger partial charge in [0.05, 0.1) is 12.0 Å². The van der Waals surface area contributed by atoms with Crippen LogP contribution >= 0.6 is 0 Å². The fraction of sp³-hybridized carbons (Fsp3) is 0.429. The minimum absolute atomic E-state index is 0.107. The largest absolute Gasteiger partial charge is 0.487 e. The van der Waals surface area contributed by atoms with E-state index in [4.69, 9.17) is 4.74 Å². The second-order valence-electron chi connectivity index (χ2n) is 5.00. The van der Waals surface area contributed by atoms with Gasteiger partial charge in [0.15, 0.2) is 0 Å². The molecule has 1 aliphatic heterocycles. The van der Waals surface area contributed by atoms with Gasteiger partial charge in [-0.25, -0.2) is 4.39 Å². The molecule has 0 spiro atoms. The molecule has 3 nitrogen and oxygen atoms in total. The summed E-state index contributed by atoms with van der Waals surface area (Å²) in [6.45, 7) is -0.107. The predicted molar refractivity (Wildman–Crippen MR) is 63.8 cm³/mol. The highest BCUT2D eigenvalue weighted by Gasteiger charge is 2.46. The molecule has 0 saturated heterocycles. The van der Waals surface area contributed by atoms with E-state index < -0.39 is 11.5 Å². The third kappa shape index (κ3) is 1.82. The molecule has 2 N–H and O–H groups in total. The lowest BCUT2D eigenvalue weighted by molar-refractivity contribution is -0.0293. The molecule has 0 unspecified atom stereocenters. The van der Waals surface area contributed by atoms with Crippen molar-refractivity contribution in [2.45, 2.75) is 25.0 Å². The Morgan fingerprint density at radius 3 is 2.89 bits per heavy atom. The van der Waals surface area contributed by atoms with Crippen LogP contribution in [-0.4, -0.2) is 29.0 Å². The summed E-state index contributed by atoms with van der Waals surface area (Å²) in [5.41, 5.74) is 0.225. The van der Waals surface area contributed by atoms with Crippen molar-refractivity contribution >= 4 is 0 Å². The Bertz CT molecular complexity index is 492. The SMILES string of the molecule is OCC1([C@@H](O)[C@@H]2CCc3cc(F)ccc3O2)C=C1. The van der Waals surface area contributed by atoms with Gasteiger partial charge in [-0.15, -0.1) is 0 Å². The predicted octanol–water partition coefficient (Wildman–Crippen LogP) is 1.43. The van der Waals surface area contributed by atoms with Crippen LogP contribution in [0, 0.1) is 11.2 Å². The first-order valence-corrected chi connectivity index (χ1v) is 6.09. The van der Waals surface area contributed by atoms with Gasteiger partial charge in [0.1, 0.15) is 23.8 Å². The zero-order valence-corrected chi connectivity index (χ0v) is 9.84. The van der Waals surface area contributed by atoms with Crippen LogP contribution in [0.15, 0.2) is 30.4 Å². The van der Waals surface area contributed by atoms with Crippen molar-refractivity contribution in [2.24, 2.45) is 5.41 Å². The van der Waals surface area contributed by atoms with E-state index >= 15 is 0 Å². The number of hydrogen-bond acceptors (Lipinski definition) is 3. The van der Waals surface area contributed by atoms with Gasteiger partial charge in [-0.2, -0.15) is 0 Å². The fourth-order valence-corrected chi connectivity index (χ4v) is 2.45. The van der Waals surface area contributed by atoms with Gasteiger partial charge in [-0.05, 0) is 36.6 Å². The molecule has 0 bridgehead atoms. The molecule has 1 aliphatic carbocycles. The van der Waals surface area contributed by atoms with Crippen LogP contribution in [0.3, 0.4) is 0 Å². The molecular formula is C14H15FO3. The summed E-state index contributed by atoms with van der Waals surface area (Å²) >= 11 is 0. The maximum Gasteiger partial charge on any atom is 0.126 e. The standard InChI is InChI=1S/C14H15FO3/c15-10-2-4-11-9(7-10)1-3-12(18-11)13(17)14(8-16)5-6-14/h2,4-7,12-13,16-17H,1,3,8H2/t12-,13-/m0/s1. The van der Waals surface area contributed by atoms with E-state index in [0.29, 0.717) is 18.6 Å². The van der Waals surface area contributed by atoms with E-state index in [0.717, 1.165) is 5.56 Å². The first-order valence-electron chi connectivity index (χ1n) is 6.09. The van der Waals surface area contributed by atoms with E-state index in [-0.39, 0.29) is 18.5 Å². The van der Waals surface area contributed by atoms with E-state index in [1.807, 2.05) is 0 Å². The highest BCUT2D eigenvalue weighted by molar-refractivity contribution is 5.37. The number of aliphatic hydroxyl groups is 2. The Balaban J connectivity index is 1.77. The number of halogens is 1. The number of ether oxygens (including phenoxy) is 1. The van der Waals surface area contributed by atoms with Crippen LogP contribution in [0.4, 0.5) is 4.39 Å². The molecule has 2 atom stereocenters. The topological polar surface area (TPSA) is 49.7 Å². The van der Waals surface area contributed by atoms with Crippen LogP contribution in [0.5, 0.6) is 5.75 Å². The van der Waals surface area contributed by atoms with E-state index in [9.17, 15) is 14.6 Å². The average molecular weight is 250 g/mol. The summed E-state index contributed by atoms with van der Waals surface area (Å²) in [5.74, 6) is 0.354. The molecule has 1 aromatic rings. The monoisotopic (exact) mass is 250 g/mol. The number of aliphatic hydroxyl groups excluding tert-OH is 2. The average Bonchev–Trinajstić information content (AvgIpc) is 3.18. The number of rotatable bonds is 3. The first kappa shape index (κ1) is 11.7. The molecule has 0 saturated carbocycles. The summed E-state index contributed by atoms with van der Waals surface area (Å²) in [5, 5.41) is 19.5. The second-order valence-corrected chi connectivity index (χ2v) is 5.00. The van der Waals surface area contributed by atoms with Crippen LogP contribution in [0.1, 0.15) is 12.0 Å². The Morgan fingerprint density at radius 2 is 2.22 bits per heavy atom. The van der Waals surface area contributed by atoms with Crippen molar-refractivity contribution in [1.29, 1.82) is 0 Å². The maximum atomic E-state index is 13.1. The Morgan fingerprint density at radius 1 is 1.44 bits per heavy atom. The Hall–Kier alpha value is -1.39. The molecule has 0 radical (unpaired) electrons. The molecule has 4 heteroatoms. The van der Waals surface area contributed by atoms with Crippen LogP contribution in [0.2, 0.25) is 0 Å². The molecule has 0 aromatic heterocycles. The van der Waals surface area contributed by atoms with Crippen LogP contribution in [-0.2, 0) is 6.42 Å². The highest BCUT2D eigenvalue weighted by atomic mass is 19.1. The molecule has 3 rings (SSSR count). The molecule has 0 fully saturated rings. The summed E-state index contributed by atoms with van der Waals surface area (Å²) < 4.78 is 18.8. The number of fused-ring (bicyclic) bond motifs is 1. The minimum Gasteiger partial charge on any atom is -0.487 e. The van der Waals surface area contributed by atoms with Gasteiger partial charge in [0, 0.05) is 0 Å². The zero-order chi connectivity index (χ0) is 12.8. The van der Waals surface area contributed by atoms with Gasteiger partial charge >= 0.3 is 0 Å². The quantitative estimate of drug-likeness (QED) is 0.798. The van der Waals surface area contributed by atoms with Gasteiger partial charge in [0.2, 0.25) is 0 Å². The zero-order valence-electron chi connectivity index (χ0n) is 9.84. The van der Waals surface area contributed by atoms with Gasteiger partial charge in [-0.3, -0.25) is 0 Å². The summed E-state index contributed by atoms with van der Waals surface area (Å²) in [7, 11) is 0. The van der Waals surface area contributed by atoms with Crippen molar-refractivity contribution in [1.82, 2.24) is 0 Å². The van der Waals surface area contributed by atoms with Crippen LogP contribution in [0.25, 0.3) is 0 Å². The number of hydrogen-bond donors (Lipinski definition) is 2. The van der Waals surface area contributed by atoms with Crippen molar-refractivity contribution in [3.63, 3.8) is 0 Å². The summed E-state index contributed by atoms with van der Waals surface area (Å²) in [6, 6.07) is 4.41. The summed E-state index contributed by atoms with van der Waals surface area (Å²) in [4.78, 5) is 0. The van der Waals surface area contributed by atoms with E-state index in [1.54, 1.807) is 18.2 Å². The van der Waals surface area contributed by atoms with E-state index in [1.165, 1.54) is 12.1 Å². The Kier molecular flexibility index (Phi) is 2.64. The van der Waals surface area contributed by atoms with Crippen molar-refractivity contribution in [3.05, 3.63) is 41.7 Å². The molecule has 1 aromatic carbocycles. The molecule has 2 aliphatic rings. The third-order valence-corrected chi connectivity index (χ3v) is 3.77. The second kappa shape index (κ2) is 4.07. The third-order valence-electron chi connectivity index (χ3n) is 3.77. The molecule has 1 heterocycles. The van der Waals surface area contributed by atoms with Crippen molar-refractivity contribution in [2.75, 3.05) is 6.61 Å².